The van der Waals surface area contributed by atoms with E-state index in [-0.39, 0.29) is 50.5 Å². The molecule has 0 bridgehead atoms. The Bertz CT molecular complexity index is 435. The number of carbonyl (C=O) groups excluding carboxylic acids is 2. The fraction of sp³-hybridized carbons (Fsp3) is 0.833. The van der Waals surface area contributed by atoms with Gasteiger partial charge >= 0.3 is 38.7 Å². The quantitative estimate of drug-likeness (QED) is 0.378. The van der Waals surface area contributed by atoms with Gasteiger partial charge in [0.15, 0.2) is 0 Å². The molecule has 0 aromatic rings. The summed E-state index contributed by atoms with van der Waals surface area (Å²) < 4.78 is 30.8. The third-order valence-electron chi connectivity index (χ3n) is 3.56. The van der Waals surface area contributed by atoms with Gasteiger partial charge in [-0.2, -0.15) is 19.1 Å². The third kappa shape index (κ3) is 6.71. The smallest absolute Gasteiger partial charge is 0.519 e. The van der Waals surface area contributed by atoms with Crippen LogP contribution in [0.15, 0.2) is 0 Å². The van der Waals surface area contributed by atoms with Gasteiger partial charge in [0, 0.05) is 13.6 Å². The average molecular weight is 394 g/mol. The third-order valence-corrected chi connectivity index (χ3v) is 4.87. The molecular formula is C12H21N2O5SY+2. The number of nitrogens with one attached hydrogen (secondary N) is 1. The molecular weight excluding hydrogens is 373 g/mol. The predicted molar refractivity (Wildman–Crippen MR) is 72.5 cm³/mol. The number of hydrogen-bond donors (Lipinski definition) is 1. The van der Waals surface area contributed by atoms with Gasteiger partial charge in [0.1, 0.15) is 0 Å². The first-order valence-corrected chi connectivity index (χ1v) is 8.11. The molecule has 0 saturated heterocycles. The fourth-order valence-electron chi connectivity index (χ4n) is 2.43. The summed E-state index contributed by atoms with van der Waals surface area (Å²) in [5.41, 5.74) is 0. The van der Waals surface area contributed by atoms with Gasteiger partial charge in [-0.25, -0.2) is 0 Å². The summed E-state index contributed by atoms with van der Waals surface area (Å²) >= 11 is 0. The molecule has 1 saturated carbocycles. The van der Waals surface area contributed by atoms with Crippen LogP contribution in [0.4, 0.5) is 0 Å². The van der Waals surface area contributed by atoms with Gasteiger partial charge in [-0.1, -0.05) is 0 Å². The van der Waals surface area contributed by atoms with E-state index in [1.165, 1.54) is 13.5 Å². The maximum atomic E-state index is 11.6. The maximum Gasteiger partial charge on any atom is 3.00 e. The van der Waals surface area contributed by atoms with Gasteiger partial charge in [-0.15, -0.1) is 0 Å². The SMILES string of the molecule is CCOC(=O)C1CCC(CN(C)S(=O)(=O)N[C-]=O)CC1.[Y+3]. The Morgan fingerprint density at radius 3 is 2.38 bits per heavy atom. The van der Waals surface area contributed by atoms with Gasteiger partial charge in [0.05, 0.1) is 12.5 Å². The second-order valence-electron chi connectivity index (χ2n) is 4.96. The van der Waals surface area contributed by atoms with E-state index in [9.17, 15) is 18.0 Å². The van der Waals surface area contributed by atoms with Crippen molar-refractivity contribution in [2.45, 2.75) is 32.6 Å². The van der Waals surface area contributed by atoms with E-state index in [2.05, 4.69) is 0 Å². The molecule has 1 rings (SSSR count). The Morgan fingerprint density at radius 2 is 1.90 bits per heavy atom. The number of esters is 1. The van der Waals surface area contributed by atoms with Crippen LogP contribution in [0.1, 0.15) is 32.6 Å². The zero-order chi connectivity index (χ0) is 15.2. The number of ether oxygens (including phenoxy) is 1. The molecule has 7 nitrogen and oxygen atoms in total. The first kappa shape index (κ1) is 21.0. The van der Waals surface area contributed by atoms with Crippen molar-refractivity contribution in [1.29, 1.82) is 0 Å². The van der Waals surface area contributed by atoms with Crippen molar-refractivity contribution in [2.75, 3.05) is 20.2 Å². The molecule has 116 valence electrons. The standard InChI is InChI=1S/C12H21N2O5S.Y/c1-3-19-12(16)11-6-4-10(5-7-11)8-14(2)20(17,18)13-9-15;/h10-11H,3-8H2,1-2H3,(H,13,15);/q-1;+3. The molecule has 0 radical (unpaired) electrons. The first-order chi connectivity index (χ1) is 9.40. The van der Waals surface area contributed by atoms with Crippen LogP contribution in [0.25, 0.3) is 0 Å². The molecule has 0 atom stereocenters. The molecule has 9 heteroatoms. The maximum absolute atomic E-state index is 11.6. The molecule has 1 aliphatic carbocycles. The minimum atomic E-state index is -3.78. The van der Waals surface area contributed by atoms with E-state index in [1.54, 1.807) is 11.6 Å². The predicted octanol–water partition coefficient (Wildman–Crippen LogP) is 0.187. The van der Waals surface area contributed by atoms with Crippen LogP contribution in [0.3, 0.4) is 0 Å². The summed E-state index contributed by atoms with van der Waals surface area (Å²) in [6, 6.07) is 0. The molecule has 0 unspecified atom stereocenters. The van der Waals surface area contributed by atoms with E-state index in [1.807, 2.05) is 0 Å². The molecule has 1 amide bonds. The Labute approximate surface area is 151 Å². The monoisotopic (exact) mass is 394 g/mol. The van der Waals surface area contributed by atoms with Crippen molar-refractivity contribution >= 4 is 22.6 Å². The van der Waals surface area contributed by atoms with E-state index in [0.29, 0.717) is 26.0 Å². The largest absolute Gasteiger partial charge is 3.00 e. The number of rotatable bonds is 7. The molecule has 1 N–H and O–H groups in total. The van der Waals surface area contributed by atoms with Crippen LogP contribution in [0.2, 0.25) is 0 Å². The molecule has 21 heavy (non-hydrogen) atoms. The molecule has 0 heterocycles. The van der Waals surface area contributed by atoms with Crippen LogP contribution < -0.4 is 4.72 Å². The second kappa shape index (κ2) is 9.87. The van der Waals surface area contributed by atoms with Crippen LogP contribution in [0.5, 0.6) is 0 Å². The molecule has 0 spiro atoms. The molecule has 0 aromatic heterocycles. The van der Waals surface area contributed by atoms with Crippen molar-refractivity contribution in [3.8, 4) is 0 Å². The Hall–Kier alpha value is -0.0461. The molecule has 0 aromatic carbocycles. The fourth-order valence-corrected chi connectivity index (χ4v) is 3.10. The van der Waals surface area contributed by atoms with Crippen LogP contribution >= 0.6 is 0 Å². The zero-order valence-electron chi connectivity index (χ0n) is 12.4. The topological polar surface area (TPSA) is 92.8 Å². The summed E-state index contributed by atoms with van der Waals surface area (Å²) in [4.78, 5) is 21.7. The minimum Gasteiger partial charge on any atom is -0.519 e. The van der Waals surface area contributed by atoms with Crippen molar-refractivity contribution in [2.24, 2.45) is 11.8 Å². The van der Waals surface area contributed by atoms with Crippen molar-refractivity contribution < 1.29 is 55.5 Å². The summed E-state index contributed by atoms with van der Waals surface area (Å²) in [5.74, 6) is -0.0485. The second-order valence-corrected chi connectivity index (χ2v) is 6.74. The van der Waals surface area contributed by atoms with E-state index >= 15 is 0 Å². The van der Waals surface area contributed by atoms with Gasteiger partial charge in [0.25, 0.3) is 10.2 Å². The number of amides is 1. The van der Waals surface area contributed by atoms with Crippen LogP contribution in [-0.2, 0) is 57.2 Å². The van der Waals surface area contributed by atoms with Crippen molar-refractivity contribution in [1.82, 2.24) is 9.03 Å². The number of nitrogens with zero attached hydrogens (tertiary/aromatic N) is 1. The molecule has 1 fully saturated rings. The molecule has 1 aliphatic rings. The zero-order valence-corrected chi connectivity index (χ0v) is 16.0. The summed E-state index contributed by atoms with van der Waals surface area (Å²) in [6.07, 6.45) is 4.14. The van der Waals surface area contributed by atoms with E-state index < -0.39 is 10.2 Å². The van der Waals surface area contributed by atoms with Crippen molar-refractivity contribution in [3.63, 3.8) is 0 Å². The van der Waals surface area contributed by atoms with Gasteiger partial charge in [0.2, 0.25) is 0 Å². The first-order valence-electron chi connectivity index (χ1n) is 6.67. The van der Waals surface area contributed by atoms with Crippen LogP contribution in [-0.4, -0.2) is 45.3 Å². The van der Waals surface area contributed by atoms with Gasteiger partial charge in [-0.3, -0.25) is 4.79 Å². The normalized spacial score (nSPS) is 22.2. The minimum absolute atomic E-state index is 0. The Morgan fingerprint density at radius 1 is 1.33 bits per heavy atom. The summed E-state index contributed by atoms with van der Waals surface area (Å²) in [7, 11) is -2.37. The van der Waals surface area contributed by atoms with Gasteiger partial charge in [-0.05, 0) is 38.5 Å². The number of hydrogen-bond acceptors (Lipinski definition) is 5. The number of carbonyl (C=O) groups is 1. The van der Waals surface area contributed by atoms with Gasteiger partial charge < -0.3 is 14.3 Å². The van der Waals surface area contributed by atoms with Crippen molar-refractivity contribution in [3.05, 3.63) is 0 Å². The average Bonchev–Trinajstić information content (AvgIpc) is 2.39. The summed E-state index contributed by atoms with van der Waals surface area (Å²) in [6.45, 7) is 2.49. The van der Waals surface area contributed by atoms with Crippen LogP contribution in [0, 0.1) is 11.8 Å². The summed E-state index contributed by atoms with van der Waals surface area (Å²) in [5, 5.41) is 0. The van der Waals surface area contributed by atoms with E-state index in [0.717, 1.165) is 17.1 Å². The van der Waals surface area contributed by atoms with E-state index in [4.69, 9.17) is 4.74 Å². The molecule has 0 aliphatic heterocycles. The Balaban J connectivity index is 0.00000400. The Kier molecular flexibility index (Phi) is 9.85.